The molecular weight excluding hydrogens is 804 g/mol. The number of unbranched alkanes of at least 4 members (excludes halogenated alkanes) is 1. The molecule has 0 saturated carbocycles. The highest BCUT2D eigenvalue weighted by Crippen LogP contribution is 2.17. The Bertz CT molecular complexity index is 1570. The molecule has 338 valence electrons. The summed E-state index contributed by atoms with van der Waals surface area (Å²) in [6, 6.07) is -9.91. The van der Waals surface area contributed by atoms with Gasteiger partial charge in [0.25, 0.3) is 0 Å². The van der Waals surface area contributed by atoms with Crippen molar-refractivity contribution in [1.29, 1.82) is 0 Å². The molecule has 0 aromatic heterocycles. The third-order valence-electron chi connectivity index (χ3n) is 8.70. The van der Waals surface area contributed by atoms with Gasteiger partial charge in [-0.05, 0) is 39.2 Å². The number of aliphatic hydroxyl groups is 3. The molecule has 1 saturated heterocycles. The van der Waals surface area contributed by atoms with Gasteiger partial charge in [-0.25, -0.2) is 4.79 Å². The first kappa shape index (κ1) is 52.0. The number of aliphatic hydroxyl groups excluding tert-OH is 3. The van der Waals surface area contributed by atoms with Crippen molar-refractivity contribution in [3.63, 3.8) is 0 Å². The summed E-state index contributed by atoms with van der Waals surface area (Å²) >= 11 is 0. The highest BCUT2D eigenvalue weighted by molar-refractivity contribution is 5.97. The molecule has 0 bridgehead atoms. The fourth-order valence-electron chi connectivity index (χ4n) is 5.35. The fraction of sp³-hybridized carbons (Fsp3) is 0.667. The fourth-order valence-corrected chi connectivity index (χ4v) is 5.35. The largest absolute Gasteiger partial charge is 0.480 e. The van der Waals surface area contributed by atoms with Crippen molar-refractivity contribution in [3.05, 3.63) is 0 Å². The number of nitrogens with zero attached hydrogens (tertiary/aromatic N) is 1. The highest BCUT2D eigenvalue weighted by Gasteiger charge is 2.36. The summed E-state index contributed by atoms with van der Waals surface area (Å²) in [5, 5.41) is 54.9. The smallest absolute Gasteiger partial charge is 0.328 e. The van der Waals surface area contributed by atoms with Crippen molar-refractivity contribution in [2.24, 2.45) is 17.2 Å². The molecule has 27 heteroatoms. The molecule has 7 atom stereocenters. The van der Waals surface area contributed by atoms with Gasteiger partial charge in [-0.1, -0.05) is 6.42 Å². The van der Waals surface area contributed by atoms with Crippen molar-refractivity contribution in [2.75, 3.05) is 52.5 Å². The Morgan fingerprint density at radius 1 is 0.667 bits per heavy atom. The average molecular weight is 861 g/mol. The van der Waals surface area contributed by atoms with E-state index in [4.69, 9.17) is 27.4 Å². The van der Waals surface area contributed by atoms with Crippen LogP contribution < -0.4 is 59.7 Å². The van der Waals surface area contributed by atoms with Gasteiger partial charge in [0, 0.05) is 6.54 Å². The maximum Gasteiger partial charge on any atom is 0.328 e. The molecule has 0 unspecified atom stereocenters. The predicted octanol–water partition coefficient (Wildman–Crippen LogP) is -9.84. The topological polar surface area (TPSA) is 446 Å². The quantitative estimate of drug-likeness (QED) is 0.0341. The zero-order chi connectivity index (χ0) is 45.5. The number of likely N-dealkylation sites (tertiary alicyclic amines) is 1. The lowest BCUT2D eigenvalue weighted by atomic mass is 10.1. The Labute approximate surface area is 343 Å². The molecule has 60 heavy (non-hydrogen) atoms. The van der Waals surface area contributed by atoms with E-state index in [1.54, 1.807) is 0 Å². The van der Waals surface area contributed by atoms with Crippen LogP contribution in [0.1, 0.15) is 45.4 Å². The zero-order valence-corrected chi connectivity index (χ0v) is 32.9. The van der Waals surface area contributed by atoms with E-state index in [0.29, 0.717) is 25.8 Å². The lowest BCUT2D eigenvalue weighted by Crippen LogP contribution is -2.59. The molecule has 0 spiro atoms. The second-order valence-electron chi connectivity index (χ2n) is 13.4. The maximum absolute atomic E-state index is 13.1. The van der Waals surface area contributed by atoms with E-state index < -0.39 is 153 Å². The van der Waals surface area contributed by atoms with Gasteiger partial charge in [0.1, 0.15) is 36.3 Å². The summed E-state index contributed by atoms with van der Waals surface area (Å²) in [7, 11) is 0. The molecule has 1 rings (SSSR count). The molecule has 0 radical (unpaired) electrons. The molecular formula is C33H56N12O15. The summed E-state index contributed by atoms with van der Waals surface area (Å²) in [4.78, 5) is 137. The molecule has 10 amide bonds. The zero-order valence-electron chi connectivity index (χ0n) is 32.9. The average Bonchev–Trinajstić information content (AvgIpc) is 3.71. The summed E-state index contributed by atoms with van der Waals surface area (Å²) < 4.78 is 0. The second kappa shape index (κ2) is 26.9. The van der Waals surface area contributed by atoms with Crippen LogP contribution in [-0.2, 0) is 52.7 Å². The number of hydrogen-bond donors (Lipinski definition) is 15. The Balaban J connectivity index is 2.68. The minimum atomic E-state index is -1.70. The summed E-state index contributed by atoms with van der Waals surface area (Å²) in [5.41, 5.74) is 16.4. The Hall–Kier alpha value is -6.03. The molecule has 0 aliphatic carbocycles. The molecule has 1 aliphatic rings. The number of carbonyl (C=O) groups excluding carboxylic acids is 10. The van der Waals surface area contributed by atoms with Crippen LogP contribution in [0.2, 0.25) is 0 Å². The number of amides is 10. The van der Waals surface area contributed by atoms with E-state index >= 15 is 0 Å². The first-order chi connectivity index (χ1) is 28.3. The van der Waals surface area contributed by atoms with E-state index in [-0.39, 0.29) is 19.4 Å². The monoisotopic (exact) mass is 860 g/mol. The van der Waals surface area contributed by atoms with Crippen LogP contribution in [0.15, 0.2) is 0 Å². The predicted molar refractivity (Wildman–Crippen MR) is 203 cm³/mol. The maximum atomic E-state index is 13.1. The first-order valence-corrected chi connectivity index (χ1v) is 18.7. The lowest BCUT2D eigenvalue weighted by molar-refractivity contribution is -0.143. The van der Waals surface area contributed by atoms with E-state index in [1.165, 1.54) is 6.92 Å². The SMILES string of the molecule is C[C@H](NC(=O)CNC(=O)[C@H](CO)NC(=O)[C@H](CO)NC(=O)[C@@H]1CCCN1C(=O)CNC(=O)CNC(=O)[C@H](CC(N)=O)NC(=O)[C@@H](N)CCCCN)C(=O)N[C@@H](CO)C(=O)O. The summed E-state index contributed by atoms with van der Waals surface area (Å²) in [5.74, 6) is -10.7. The number of hydrogen-bond acceptors (Lipinski definition) is 16. The van der Waals surface area contributed by atoms with E-state index in [0.717, 1.165) is 4.90 Å². The lowest BCUT2D eigenvalue weighted by Gasteiger charge is -2.26. The standard InChI is InChI=1S/C33H56N12O15/c1-16(27(53)44-21(15-48)33(59)60)40-25(51)11-39-30(56)19(13-46)42-31(57)20(14-47)43-32(58)22-6-4-8-45(22)26(52)12-37-24(50)10-38-29(55)18(9-23(36)49)41-28(54)17(35)5-2-3-7-34/h16-22,46-48H,2-15,34-35H2,1H3,(H2,36,49)(H,37,50)(H,38,55)(H,39,56)(H,40,51)(H,41,54)(H,42,57)(H,43,58)(H,44,53)(H,59,60)/t16-,17-,18-,19-,20-,21-,22-/m0/s1. The molecule has 27 nitrogen and oxygen atoms in total. The van der Waals surface area contributed by atoms with E-state index in [2.05, 4.69) is 37.2 Å². The number of aliphatic carboxylic acids is 1. The van der Waals surface area contributed by atoms with E-state index in [1.807, 2.05) is 5.32 Å². The van der Waals surface area contributed by atoms with Crippen LogP contribution in [0.4, 0.5) is 0 Å². The molecule has 1 fully saturated rings. The van der Waals surface area contributed by atoms with Gasteiger partial charge in [-0.2, -0.15) is 0 Å². The molecule has 1 heterocycles. The van der Waals surface area contributed by atoms with Gasteiger partial charge in [0.2, 0.25) is 59.1 Å². The Morgan fingerprint density at radius 2 is 1.22 bits per heavy atom. The minimum Gasteiger partial charge on any atom is -0.480 e. The number of nitrogens with one attached hydrogen (secondary N) is 8. The van der Waals surface area contributed by atoms with Crippen LogP contribution in [-0.4, -0.2) is 185 Å². The normalized spacial score (nSPS) is 16.3. The molecule has 0 aromatic carbocycles. The van der Waals surface area contributed by atoms with Gasteiger partial charge >= 0.3 is 5.97 Å². The third kappa shape index (κ3) is 18.3. The third-order valence-corrected chi connectivity index (χ3v) is 8.70. The number of nitrogens with two attached hydrogens (primary N) is 3. The van der Waals surface area contributed by atoms with E-state index in [9.17, 15) is 63.0 Å². The van der Waals surface area contributed by atoms with Crippen molar-refractivity contribution >= 4 is 65.0 Å². The Morgan fingerprint density at radius 3 is 1.78 bits per heavy atom. The minimum absolute atomic E-state index is 0.0671. The summed E-state index contributed by atoms with van der Waals surface area (Å²) in [6.07, 6.45) is 1.28. The van der Waals surface area contributed by atoms with Crippen LogP contribution in [0.25, 0.3) is 0 Å². The van der Waals surface area contributed by atoms with Gasteiger partial charge in [-0.15, -0.1) is 0 Å². The van der Waals surface area contributed by atoms with Gasteiger partial charge < -0.3 is 85.1 Å². The van der Waals surface area contributed by atoms with Crippen LogP contribution in [0.3, 0.4) is 0 Å². The molecule has 18 N–H and O–H groups in total. The van der Waals surface area contributed by atoms with Crippen LogP contribution in [0.5, 0.6) is 0 Å². The highest BCUT2D eigenvalue weighted by atomic mass is 16.4. The number of carboxylic acid groups (broad SMARTS) is 1. The van der Waals surface area contributed by atoms with Crippen LogP contribution in [0, 0.1) is 0 Å². The molecule has 0 aromatic rings. The molecule has 1 aliphatic heterocycles. The van der Waals surface area contributed by atoms with Gasteiger partial charge in [0.05, 0.1) is 51.9 Å². The number of primary amides is 1. The van der Waals surface area contributed by atoms with Gasteiger partial charge in [-0.3, -0.25) is 47.9 Å². The number of carboxylic acids is 1. The Kier molecular flexibility index (Phi) is 23.3. The van der Waals surface area contributed by atoms with Crippen molar-refractivity contribution < 1.29 is 73.2 Å². The van der Waals surface area contributed by atoms with Crippen LogP contribution >= 0.6 is 0 Å². The first-order valence-electron chi connectivity index (χ1n) is 18.7. The summed E-state index contributed by atoms with van der Waals surface area (Å²) in [6.45, 7) is -3.34. The van der Waals surface area contributed by atoms with Crippen molar-refractivity contribution in [2.45, 2.75) is 87.7 Å². The van der Waals surface area contributed by atoms with Crippen molar-refractivity contribution in [1.82, 2.24) is 47.4 Å². The number of carbonyl (C=O) groups is 11. The number of rotatable bonds is 27. The second-order valence-corrected chi connectivity index (χ2v) is 13.4. The van der Waals surface area contributed by atoms with Crippen molar-refractivity contribution in [3.8, 4) is 0 Å². The van der Waals surface area contributed by atoms with Gasteiger partial charge in [0.15, 0.2) is 0 Å².